The average molecular weight is 240 g/mol. The molecule has 4 atom stereocenters. The Morgan fingerprint density at radius 1 is 1.35 bits per heavy atom. The van der Waals surface area contributed by atoms with Crippen LogP contribution >= 0.6 is 0 Å². The molecule has 0 aromatic rings. The minimum Gasteiger partial charge on any atom is -0.325 e. The summed E-state index contributed by atoms with van der Waals surface area (Å²) in [6.45, 7) is 11.3. The Bertz CT molecular complexity index is 246. The molecule has 4 unspecified atom stereocenters. The number of nitrogens with two attached hydrogens (primary N) is 1. The van der Waals surface area contributed by atoms with Gasteiger partial charge in [-0.3, -0.25) is 4.90 Å². The van der Waals surface area contributed by atoms with Gasteiger partial charge in [-0.25, -0.2) is 0 Å². The molecule has 0 radical (unpaired) electrons. The SMILES string of the molecule is CCCN1CCC(N2CNC(C)C2C)C(N)C1. The molecule has 2 fully saturated rings. The van der Waals surface area contributed by atoms with E-state index in [0.717, 1.165) is 13.2 Å². The van der Waals surface area contributed by atoms with Gasteiger partial charge in [-0.15, -0.1) is 0 Å². The molecule has 4 nitrogen and oxygen atoms in total. The summed E-state index contributed by atoms with van der Waals surface area (Å²) in [7, 11) is 0. The zero-order chi connectivity index (χ0) is 12.4. The van der Waals surface area contributed by atoms with Crippen LogP contribution in [0.2, 0.25) is 0 Å². The lowest BCUT2D eigenvalue weighted by atomic mass is 9.97. The molecule has 2 heterocycles. The fourth-order valence-corrected chi connectivity index (χ4v) is 3.24. The van der Waals surface area contributed by atoms with Gasteiger partial charge in [0, 0.05) is 37.4 Å². The molecule has 2 saturated heterocycles. The van der Waals surface area contributed by atoms with Gasteiger partial charge in [-0.2, -0.15) is 0 Å². The van der Waals surface area contributed by atoms with E-state index in [4.69, 9.17) is 5.73 Å². The van der Waals surface area contributed by atoms with E-state index < -0.39 is 0 Å². The highest BCUT2D eigenvalue weighted by Gasteiger charge is 2.37. The number of nitrogens with zero attached hydrogens (tertiary/aromatic N) is 2. The van der Waals surface area contributed by atoms with Crippen LogP contribution in [0.4, 0.5) is 0 Å². The van der Waals surface area contributed by atoms with Gasteiger partial charge in [0.25, 0.3) is 0 Å². The summed E-state index contributed by atoms with van der Waals surface area (Å²) in [5, 5.41) is 3.53. The molecule has 0 aliphatic carbocycles. The van der Waals surface area contributed by atoms with Crippen LogP contribution in [0, 0.1) is 0 Å². The number of piperidine rings is 1. The summed E-state index contributed by atoms with van der Waals surface area (Å²) in [6, 6.07) is 2.08. The molecule has 3 N–H and O–H groups in total. The lowest BCUT2D eigenvalue weighted by Gasteiger charge is -2.42. The van der Waals surface area contributed by atoms with Gasteiger partial charge in [0.1, 0.15) is 0 Å². The van der Waals surface area contributed by atoms with Crippen LogP contribution in [-0.4, -0.2) is 60.3 Å². The first kappa shape index (κ1) is 13.3. The van der Waals surface area contributed by atoms with Crippen LogP contribution < -0.4 is 11.1 Å². The Morgan fingerprint density at radius 2 is 2.12 bits per heavy atom. The molecule has 2 rings (SSSR count). The third-order valence-electron chi connectivity index (χ3n) is 4.51. The number of nitrogens with one attached hydrogen (secondary N) is 1. The smallest absolute Gasteiger partial charge is 0.0489 e. The fourth-order valence-electron chi connectivity index (χ4n) is 3.24. The maximum Gasteiger partial charge on any atom is 0.0489 e. The van der Waals surface area contributed by atoms with Crippen molar-refractivity contribution in [1.29, 1.82) is 0 Å². The first-order chi connectivity index (χ1) is 8.13. The van der Waals surface area contributed by atoms with E-state index in [1.165, 1.54) is 25.9 Å². The fraction of sp³-hybridized carbons (Fsp3) is 1.00. The van der Waals surface area contributed by atoms with Crippen molar-refractivity contribution >= 4 is 0 Å². The number of rotatable bonds is 3. The second kappa shape index (κ2) is 5.65. The molecule has 0 saturated carbocycles. The predicted molar refractivity (Wildman–Crippen MR) is 71.9 cm³/mol. The minimum absolute atomic E-state index is 0.310. The van der Waals surface area contributed by atoms with E-state index in [2.05, 4.69) is 35.9 Å². The Kier molecular flexibility index (Phi) is 4.42. The van der Waals surface area contributed by atoms with Crippen LogP contribution in [0.15, 0.2) is 0 Å². The van der Waals surface area contributed by atoms with Crippen LogP contribution in [0.25, 0.3) is 0 Å². The Balaban J connectivity index is 1.91. The Morgan fingerprint density at radius 3 is 2.65 bits per heavy atom. The van der Waals surface area contributed by atoms with Crippen molar-refractivity contribution in [2.75, 3.05) is 26.3 Å². The van der Waals surface area contributed by atoms with Gasteiger partial charge < -0.3 is 16.0 Å². The standard InChI is InChI=1S/C13H28N4/c1-4-6-16-7-5-13(12(14)8-16)17-9-15-10(2)11(17)3/h10-13,15H,4-9,14H2,1-3H3. The number of hydrogen-bond acceptors (Lipinski definition) is 4. The van der Waals surface area contributed by atoms with Gasteiger partial charge in [-0.05, 0) is 39.8 Å². The molecule has 0 bridgehead atoms. The summed E-state index contributed by atoms with van der Waals surface area (Å²) in [5.74, 6) is 0. The monoisotopic (exact) mass is 240 g/mol. The van der Waals surface area contributed by atoms with E-state index in [-0.39, 0.29) is 0 Å². The van der Waals surface area contributed by atoms with E-state index in [9.17, 15) is 0 Å². The normalized spacial score (nSPS) is 40.9. The average Bonchev–Trinajstić information content (AvgIpc) is 2.61. The molecule has 0 aromatic carbocycles. The van der Waals surface area contributed by atoms with Gasteiger partial charge in [0.05, 0.1) is 0 Å². The van der Waals surface area contributed by atoms with E-state index in [1.54, 1.807) is 0 Å². The Labute approximate surface area is 106 Å². The zero-order valence-corrected chi connectivity index (χ0v) is 11.5. The van der Waals surface area contributed by atoms with E-state index in [0.29, 0.717) is 24.2 Å². The van der Waals surface area contributed by atoms with Gasteiger partial charge >= 0.3 is 0 Å². The largest absolute Gasteiger partial charge is 0.325 e. The van der Waals surface area contributed by atoms with Crippen molar-refractivity contribution in [3.63, 3.8) is 0 Å². The molecule has 2 aliphatic heterocycles. The van der Waals surface area contributed by atoms with Crippen molar-refractivity contribution < 1.29 is 0 Å². The van der Waals surface area contributed by atoms with Crippen LogP contribution in [0.1, 0.15) is 33.6 Å². The predicted octanol–water partition coefficient (Wildman–Crippen LogP) is 0.438. The summed E-state index contributed by atoms with van der Waals surface area (Å²) in [4.78, 5) is 5.08. The number of likely N-dealkylation sites (tertiary alicyclic amines) is 1. The lowest BCUT2D eigenvalue weighted by Crippen LogP contribution is -2.59. The van der Waals surface area contributed by atoms with Gasteiger partial charge in [-0.1, -0.05) is 6.92 Å². The van der Waals surface area contributed by atoms with Crippen LogP contribution in [0.3, 0.4) is 0 Å². The summed E-state index contributed by atoms with van der Waals surface area (Å²) in [5.41, 5.74) is 6.38. The molecule has 4 heteroatoms. The summed E-state index contributed by atoms with van der Waals surface area (Å²) < 4.78 is 0. The molecular formula is C13H28N4. The van der Waals surface area contributed by atoms with Crippen LogP contribution in [-0.2, 0) is 0 Å². The Hall–Kier alpha value is -0.160. The molecular weight excluding hydrogens is 212 g/mol. The van der Waals surface area contributed by atoms with Crippen LogP contribution in [0.5, 0.6) is 0 Å². The number of hydrogen-bond donors (Lipinski definition) is 2. The first-order valence-corrected chi connectivity index (χ1v) is 7.10. The van der Waals surface area contributed by atoms with Crippen molar-refractivity contribution in [2.45, 2.75) is 57.8 Å². The van der Waals surface area contributed by atoms with Crippen molar-refractivity contribution in [1.82, 2.24) is 15.1 Å². The molecule has 100 valence electrons. The molecule has 0 amide bonds. The van der Waals surface area contributed by atoms with E-state index >= 15 is 0 Å². The first-order valence-electron chi connectivity index (χ1n) is 7.10. The minimum atomic E-state index is 0.310. The summed E-state index contributed by atoms with van der Waals surface area (Å²) in [6.07, 6.45) is 2.45. The van der Waals surface area contributed by atoms with Crippen molar-refractivity contribution in [2.24, 2.45) is 5.73 Å². The lowest BCUT2D eigenvalue weighted by molar-refractivity contribution is 0.0831. The highest BCUT2D eigenvalue weighted by atomic mass is 15.4. The quantitative estimate of drug-likeness (QED) is 0.751. The third-order valence-corrected chi connectivity index (χ3v) is 4.51. The maximum atomic E-state index is 6.38. The van der Waals surface area contributed by atoms with Crippen molar-refractivity contribution in [3.05, 3.63) is 0 Å². The molecule has 0 aromatic heterocycles. The van der Waals surface area contributed by atoms with Crippen molar-refractivity contribution in [3.8, 4) is 0 Å². The third kappa shape index (κ3) is 2.81. The topological polar surface area (TPSA) is 44.5 Å². The second-order valence-electron chi connectivity index (χ2n) is 5.73. The van der Waals surface area contributed by atoms with E-state index in [1.807, 2.05) is 0 Å². The second-order valence-corrected chi connectivity index (χ2v) is 5.73. The van der Waals surface area contributed by atoms with Gasteiger partial charge in [0.15, 0.2) is 0 Å². The zero-order valence-electron chi connectivity index (χ0n) is 11.5. The maximum absolute atomic E-state index is 6.38. The highest BCUT2D eigenvalue weighted by Crippen LogP contribution is 2.22. The molecule has 2 aliphatic rings. The highest BCUT2D eigenvalue weighted by molar-refractivity contribution is 4.96. The molecule has 0 spiro atoms. The molecule has 17 heavy (non-hydrogen) atoms. The summed E-state index contributed by atoms with van der Waals surface area (Å²) >= 11 is 0. The van der Waals surface area contributed by atoms with Gasteiger partial charge in [0.2, 0.25) is 0 Å².